The number of thiazole rings is 1. The Morgan fingerprint density at radius 1 is 0.732 bits per heavy atom. The van der Waals surface area contributed by atoms with Crippen LogP contribution in [0.1, 0.15) is 33.7 Å². The maximum atomic E-state index is 11.3. The van der Waals surface area contributed by atoms with Gasteiger partial charge in [-0.05, 0) is 28.8 Å². The smallest absolute Gasteiger partial charge is 0.230 e. The molecule has 10 heteroatoms. The van der Waals surface area contributed by atoms with Gasteiger partial charge in [-0.2, -0.15) is 9.61 Å². The quantitative estimate of drug-likeness (QED) is 0.264. The summed E-state index contributed by atoms with van der Waals surface area (Å²) in [5.41, 5.74) is 3.48. The summed E-state index contributed by atoms with van der Waals surface area (Å²) in [6, 6.07) is 25.2. The van der Waals surface area contributed by atoms with Crippen molar-refractivity contribution in [2.45, 2.75) is 12.1 Å². The molecule has 1 aliphatic heterocycles. The number of benzene rings is 3. The zero-order valence-corrected chi connectivity index (χ0v) is 24.1. The molecule has 41 heavy (non-hydrogen) atoms. The van der Waals surface area contributed by atoms with Crippen molar-refractivity contribution in [1.82, 2.24) is 24.4 Å². The van der Waals surface area contributed by atoms with Crippen LogP contribution in [0.5, 0.6) is 23.1 Å². The van der Waals surface area contributed by atoms with Crippen molar-refractivity contribution < 1.29 is 19.3 Å². The molecule has 1 saturated heterocycles. The Kier molecular flexibility index (Phi) is 7.78. The highest BCUT2D eigenvalue weighted by molar-refractivity contribution is 7.17. The minimum Gasteiger partial charge on any atom is -0.493 e. The van der Waals surface area contributed by atoms with Crippen LogP contribution in [-0.4, -0.2) is 77.0 Å². The van der Waals surface area contributed by atoms with Gasteiger partial charge in [-0.15, -0.1) is 0 Å². The van der Waals surface area contributed by atoms with Gasteiger partial charge in [0.25, 0.3) is 0 Å². The second kappa shape index (κ2) is 11.8. The number of hydrogen-bond donors (Lipinski definition) is 1. The Labute approximate surface area is 243 Å². The third-order valence-electron chi connectivity index (χ3n) is 7.70. The van der Waals surface area contributed by atoms with Crippen LogP contribution in [0.4, 0.5) is 0 Å². The van der Waals surface area contributed by atoms with E-state index in [1.807, 2.05) is 12.1 Å². The van der Waals surface area contributed by atoms with Crippen LogP contribution in [0.2, 0.25) is 0 Å². The lowest BCUT2D eigenvalue weighted by Gasteiger charge is -2.42. The maximum absolute atomic E-state index is 11.3. The molecule has 212 valence electrons. The number of piperazine rings is 1. The van der Waals surface area contributed by atoms with Crippen molar-refractivity contribution >= 4 is 16.3 Å². The Balaban J connectivity index is 1.37. The van der Waals surface area contributed by atoms with Gasteiger partial charge in [0.05, 0.1) is 38.3 Å². The van der Waals surface area contributed by atoms with Gasteiger partial charge in [-0.1, -0.05) is 72.0 Å². The summed E-state index contributed by atoms with van der Waals surface area (Å²) >= 11 is 1.44. The van der Waals surface area contributed by atoms with Crippen LogP contribution in [0.15, 0.2) is 79.1 Å². The van der Waals surface area contributed by atoms with Crippen LogP contribution >= 0.6 is 11.3 Å². The number of hydrogen-bond acceptors (Lipinski definition) is 9. The topological polar surface area (TPSA) is 84.6 Å². The van der Waals surface area contributed by atoms with Crippen LogP contribution in [0.3, 0.4) is 0 Å². The largest absolute Gasteiger partial charge is 0.493 e. The zero-order chi connectivity index (χ0) is 28.3. The predicted octanol–water partition coefficient (Wildman–Crippen LogP) is 5.02. The molecule has 1 fully saturated rings. The van der Waals surface area contributed by atoms with Crippen LogP contribution in [0, 0.1) is 0 Å². The van der Waals surface area contributed by atoms with E-state index in [2.05, 4.69) is 80.5 Å². The Hall–Kier alpha value is -4.12. The van der Waals surface area contributed by atoms with Gasteiger partial charge < -0.3 is 19.3 Å². The van der Waals surface area contributed by atoms with E-state index in [1.165, 1.54) is 33.3 Å². The summed E-state index contributed by atoms with van der Waals surface area (Å²) in [5, 5.41) is 15.5. The van der Waals surface area contributed by atoms with Crippen LogP contribution in [-0.2, 0) is 0 Å². The lowest BCUT2D eigenvalue weighted by atomic mass is 9.95. The van der Waals surface area contributed by atoms with Crippen molar-refractivity contribution in [2.75, 3.05) is 47.5 Å². The molecule has 0 unspecified atom stereocenters. The molecule has 3 aromatic carbocycles. The fourth-order valence-corrected chi connectivity index (χ4v) is 6.89. The normalized spacial score (nSPS) is 15.3. The van der Waals surface area contributed by atoms with Gasteiger partial charge in [0, 0.05) is 26.2 Å². The van der Waals surface area contributed by atoms with Gasteiger partial charge in [0.15, 0.2) is 11.5 Å². The minimum absolute atomic E-state index is 0.0927. The second-order valence-electron chi connectivity index (χ2n) is 9.90. The standard InChI is InChI=1S/C31H33N5O4S/c1-38-24-18-23(19-25(39-2)28(24)40-3)27(29-30(37)36-31(41-29)32-20-33-36)35-16-14-34(15-17-35)26(21-10-6-4-7-11-21)22-12-8-5-9-13-22/h4-13,18-20,26-27,37H,14-17H2,1-3H3/t27-/m1/s1. The minimum atomic E-state index is -0.272. The third kappa shape index (κ3) is 5.10. The molecule has 0 bridgehead atoms. The summed E-state index contributed by atoms with van der Waals surface area (Å²) in [6.07, 6.45) is 1.45. The van der Waals surface area contributed by atoms with E-state index in [1.54, 1.807) is 21.3 Å². The molecule has 0 amide bonds. The number of aromatic nitrogens is 3. The molecule has 1 N–H and O–H groups in total. The molecular formula is C31H33N5O4S. The Morgan fingerprint density at radius 3 is 1.76 bits per heavy atom. The summed E-state index contributed by atoms with van der Waals surface area (Å²) in [7, 11) is 4.82. The molecule has 5 aromatic rings. The highest BCUT2D eigenvalue weighted by Gasteiger charge is 2.35. The van der Waals surface area contributed by atoms with Gasteiger partial charge >= 0.3 is 0 Å². The van der Waals surface area contributed by atoms with E-state index < -0.39 is 0 Å². The SMILES string of the molecule is COc1cc([C@H](c2sc3ncnn3c2O)N2CCN(C(c3ccccc3)c3ccccc3)CC2)cc(OC)c1OC. The highest BCUT2D eigenvalue weighted by Crippen LogP contribution is 2.46. The summed E-state index contributed by atoms with van der Waals surface area (Å²) in [5.74, 6) is 1.76. The first kappa shape index (κ1) is 27.1. The average molecular weight is 572 g/mol. The third-order valence-corrected chi connectivity index (χ3v) is 8.79. The van der Waals surface area contributed by atoms with Crippen molar-refractivity contribution in [3.63, 3.8) is 0 Å². The molecule has 0 spiro atoms. The average Bonchev–Trinajstić information content (AvgIpc) is 3.61. The molecule has 0 saturated carbocycles. The van der Waals surface area contributed by atoms with E-state index in [0.29, 0.717) is 22.2 Å². The molecule has 9 nitrogen and oxygen atoms in total. The predicted molar refractivity (Wildman–Crippen MR) is 158 cm³/mol. The van der Waals surface area contributed by atoms with Crippen LogP contribution < -0.4 is 14.2 Å². The second-order valence-corrected chi connectivity index (χ2v) is 10.9. The molecule has 3 heterocycles. The Morgan fingerprint density at radius 2 is 1.27 bits per heavy atom. The number of nitrogens with zero attached hydrogens (tertiary/aromatic N) is 5. The number of methoxy groups -OCH3 is 3. The lowest BCUT2D eigenvalue weighted by molar-refractivity contribution is 0.0897. The van der Waals surface area contributed by atoms with Crippen molar-refractivity contribution in [3.05, 3.63) is 101 Å². The number of rotatable bonds is 9. The number of aromatic hydroxyl groups is 1. The molecule has 2 aromatic heterocycles. The molecule has 6 rings (SSSR count). The first-order valence-electron chi connectivity index (χ1n) is 13.5. The molecule has 0 radical (unpaired) electrons. The summed E-state index contributed by atoms with van der Waals surface area (Å²) in [6.45, 7) is 3.25. The summed E-state index contributed by atoms with van der Waals surface area (Å²) in [4.78, 5) is 10.7. The lowest BCUT2D eigenvalue weighted by Crippen LogP contribution is -2.49. The number of ether oxygens (including phenoxy) is 3. The monoisotopic (exact) mass is 571 g/mol. The molecule has 1 aliphatic rings. The van der Waals surface area contributed by atoms with E-state index >= 15 is 0 Å². The first-order chi connectivity index (χ1) is 20.1. The van der Waals surface area contributed by atoms with Gasteiger partial charge in [-0.25, -0.2) is 4.98 Å². The molecule has 0 aliphatic carbocycles. The summed E-state index contributed by atoms with van der Waals surface area (Å²) < 4.78 is 18.5. The van der Waals surface area contributed by atoms with Crippen molar-refractivity contribution in [1.29, 1.82) is 0 Å². The fourth-order valence-electron chi connectivity index (χ4n) is 5.80. The van der Waals surface area contributed by atoms with E-state index in [4.69, 9.17) is 14.2 Å². The van der Waals surface area contributed by atoms with E-state index in [9.17, 15) is 5.11 Å². The van der Waals surface area contributed by atoms with Crippen LogP contribution in [0.25, 0.3) is 4.96 Å². The number of fused-ring (bicyclic) bond motifs is 1. The van der Waals surface area contributed by atoms with Crippen molar-refractivity contribution in [2.24, 2.45) is 0 Å². The van der Waals surface area contributed by atoms with E-state index in [-0.39, 0.29) is 18.0 Å². The van der Waals surface area contributed by atoms with E-state index in [0.717, 1.165) is 36.6 Å². The van der Waals surface area contributed by atoms with Gasteiger partial charge in [0.1, 0.15) is 6.33 Å². The molecule has 1 atom stereocenters. The zero-order valence-electron chi connectivity index (χ0n) is 23.3. The molecular weight excluding hydrogens is 538 g/mol. The highest BCUT2D eigenvalue weighted by atomic mass is 32.1. The van der Waals surface area contributed by atoms with Gasteiger partial charge in [-0.3, -0.25) is 9.80 Å². The Bertz CT molecular complexity index is 1530. The first-order valence-corrected chi connectivity index (χ1v) is 14.3. The van der Waals surface area contributed by atoms with Crippen molar-refractivity contribution in [3.8, 4) is 23.1 Å². The van der Waals surface area contributed by atoms with Gasteiger partial charge in [0.2, 0.25) is 16.6 Å². The fraction of sp³-hybridized carbons (Fsp3) is 0.290. The maximum Gasteiger partial charge on any atom is 0.230 e.